The largest absolute Gasteiger partial charge is 0.451 e. The molecule has 0 bridgehead atoms. The highest BCUT2D eigenvalue weighted by molar-refractivity contribution is 7.21. The summed E-state index contributed by atoms with van der Waals surface area (Å²) in [6.45, 7) is 7.08. The minimum Gasteiger partial charge on any atom is -0.451 e. The van der Waals surface area contributed by atoms with E-state index in [-0.39, 0.29) is 18.3 Å². The summed E-state index contributed by atoms with van der Waals surface area (Å²) < 4.78 is 19.9. The number of carbonyl (C=O) groups is 2. The Hall–Kier alpha value is -1.95. The molecule has 134 valence electrons. The Labute approximate surface area is 150 Å². The molecule has 0 aliphatic carbocycles. The number of aryl methyl sites for hydroxylation is 1. The second-order valence-corrected chi connectivity index (χ2v) is 8.04. The maximum atomic E-state index is 13.9. The highest BCUT2D eigenvalue weighted by Gasteiger charge is 2.26. The van der Waals surface area contributed by atoms with E-state index >= 15 is 0 Å². The molecule has 2 heterocycles. The minimum atomic E-state index is -0.565. The smallest absolute Gasteiger partial charge is 0.349 e. The number of hydrogen-bond acceptors (Lipinski definition) is 4. The summed E-state index contributed by atoms with van der Waals surface area (Å²) in [6.07, 6.45) is 1.11. The van der Waals surface area contributed by atoms with Crippen LogP contribution in [0.1, 0.15) is 35.5 Å². The minimum absolute atomic E-state index is 0.170. The third-order valence-electron chi connectivity index (χ3n) is 4.64. The van der Waals surface area contributed by atoms with E-state index in [0.717, 1.165) is 6.42 Å². The average Bonchev–Trinajstić information content (AvgIpc) is 2.89. The topological polar surface area (TPSA) is 46.6 Å². The molecule has 25 heavy (non-hydrogen) atoms. The molecule has 4 nitrogen and oxygen atoms in total. The van der Waals surface area contributed by atoms with Crippen molar-refractivity contribution in [3.63, 3.8) is 0 Å². The van der Waals surface area contributed by atoms with Crippen molar-refractivity contribution in [2.45, 2.75) is 27.2 Å². The Morgan fingerprint density at radius 2 is 1.96 bits per heavy atom. The summed E-state index contributed by atoms with van der Waals surface area (Å²) in [5, 5.41) is 0.449. The van der Waals surface area contributed by atoms with Gasteiger partial charge in [0.2, 0.25) is 0 Å². The number of esters is 1. The van der Waals surface area contributed by atoms with E-state index in [9.17, 15) is 14.0 Å². The quantitative estimate of drug-likeness (QED) is 0.774. The molecule has 1 fully saturated rings. The van der Waals surface area contributed by atoms with Crippen LogP contribution < -0.4 is 0 Å². The Bertz CT molecular complexity index is 806. The van der Waals surface area contributed by atoms with Gasteiger partial charge in [0.15, 0.2) is 6.61 Å². The molecule has 0 radical (unpaired) electrons. The van der Waals surface area contributed by atoms with Crippen molar-refractivity contribution < 1.29 is 18.7 Å². The molecule has 0 spiro atoms. The van der Waals surface area contributed by atoms with Crippen LogP contribution in [0.25, 0.3) is 10.1 Å². The van der Waals surface area contributed by atoms with Gasteiger partial charge in [0.25, 0.3) is 5.91 Å². The van der Waals surface area contributed by atoms with Gasteiger partial charge in [0, 0.05) is 23.2 Å². The van der Waals surface area contributed by atoms with E-state index < -0.39 is 5.97 Å². The van der Waals surface area contributed by atoms with Crippen molar-refractivity contribution in [3.8, 4) is 0 Å². The first-order valence-electron chi connectivity index (χ1n) is 8.49. The van der Waals surface area contributed by atoms with Crippen molar-refractivity contribution in [3.05, 3.63) is 34.5 Å². The van der Waals surface area contributed by atoms with Crippen molar-refractivity contribution in [1.29, 1.82) is 0 Å². The maximum Gasteiger partial charge on any atom is 0.349 e. The molecular formula is C19H22FNO3S. The summed E-state index contributed by atoms with van der Waals surface area (Å²) in [4.78, 5) is 26.8. The normalized spacial score (nSPS) is 20.7. The van der Waals surface area contributed by atoms with Gasteiger partial charge in [0.1, 0.15) is 10.7 Å². The van der Waals surface area contributed by atoms with Crippen LogP contribution in [0.2, 0.25) is 0 Å². The molecule has 2 atom stereocenters. The molecule has 0 unspecified atom stereocenters. The fraction of sp³-hybridized carbons (Fsp3) is 0.474. The lowest BCUT2D eigenvalue weighted by Gasteiger charge is -2.34. The molecule has 1 aromatic carbocycles. The first kappa shape index (κ1) is 17.9. The second-order valence-electron chi connectivity index (χ2n) is 6.99. The van der Waals surface area contributed by atoms with Crippen molar-refractivity contribution in [2.24, 2.45) is 11.8 Å². The predicted octanol–water partition coefficient (Wildman–Crippen LogP) is 4.01. The first-order valence-corrected chi connectivity index (χ1v) is 9.31. The molecular weight excluding hydrogens is 341 g/mol. The molecule has 1 aromatic heterocycles. The van der Waals surface area contributed by atoms with Crippen LogP contribution in [0.3, 0.4) is 0 Å². The lowest BCUT2D eigenvalue weighted by atomic mass is 9.92. The van der Waals surface area contributed by atoms with Gasteiger partial charge in [-0.1, -0.05) is 19.9 Å². The summed E-state index contributed by atoms with van der Waals surface area (Å²) >= 11 is 1.19. The summed E-state index contributed by atoms with van der Waals surface area (Å²) in [6, 6.07) is 4.76. The van der Waals surface area contributed by atoms with Crippen LogP contribution in [-0.2, 0) is 9.53 Å². The number of piperidine rings is 1. The number of likely N-dealkylation sites (tertiary alicyclic amines) is 1. The van der Waals surface area contributed by atoms with Gasteiger partial charge in [-0.3, -0.25) is 4.79 Å². The van der Waals surface area contributed by atoms with E-state index in [1.165, 1.54) is 17.4 Å². The Kier molecular flexibility index (Phi) is 5.08. The third kappa shape index (κ3) is 3.68. The standard InChI is InChI=1S/C19H22FNO3S/c1-11-7-12(2)9-21(8-11)16(22)10-24-19(23)18-13(3)17-14(20)5-4-6-15(17)25-18/h4-6,11-12H,7-10H2,1-3H3/t11-,12-/m0/s1. The molecule has 3 rings (SSSR count). The number of nitrogens with zero attached hydrogens (tertiary/aromatic N) is 1. The Morgan fingerprint density at radius 1 is 1.28 bits per heavy atom. The van der Waals surface area contributed by atoms with Crippen molar-refractivity contribution in [2.75, 3.05) is 19.7 Å². The molecule has 6 heteroatoms. The molecule has 1 aliphatic rings. The summed E-state index contributed by atoms with van der Waals surface area (Å²) in [5.41, 5.74) is 0.566. The van der Waals surface area contributed by atoms with Crippen LogP contribution in [-0.4, -0.2) is 36.5 Å². The van der Waals surface area contributed by atoms with Crippen molar-refractivity contribution >= 4 is 33.3 Å². The maximum absolute atomic E-state index is 13.9. The number of carbonyl (C=O) groups excluding carboxylic acids is 2. The van der Waals surface area contributed by atoms with Crippen LogP contribution in [0, 0.1) is 24.6 Å². The average molecular weight is 363 g/mol. The zero-order valence-electron chi connectivity index (χ0n) is 14.7. The number of fused-ring (bicyclic) bond motifs is 1. The van der Waals surface area contributed by atoms with Gasteiger partial charge in [0.05, 0.1) is 0 Å². The number of hydrogen-bond donors (Lipinski definition) is 0. The second kappa shape index (κ2) is 7.12. The summed E-state index contributed by atoms with van der Waals surface area (Å²) in [5.74, 6) is -0.175. The van der Waals surface area contributed by atoms with Gasteiger partial charge in [-0.2, -0.15) is 0 Å². The number of halogens is 1. The number of thiophene rings is 1. The van der Waals surface area contributed by atoms with Gasteiger partial charge in [-0.25, -0.2) is 9.18 Å². The summed E-state index contributed by atoms with van der Waals surface area (Å²) in [7, 11) is 0. The van der Waals surface area contributed by atoms with Gasteiger partial charge < -0.3 is 9.64 Å². The van der Waals surface area contributed by atoms with Gasteiger partial charge >= 0.3 is 5.97 Å². The predicted molar refractivity (Wildman–Crippen MR) is 96.3 cm³/mol. The first-order chi connectivity index (χ1) is 11.9. The zero-order chi connectivity index (χ0) is 18.1. The monoisotopic (exact) mass is 363 g/mol. The van der Waals surface area contributed by atoms with Crippen LogP contribution >= 0.6 is 11.3 Å². The van der Waals surface area contributed by atoms with Crippen LogP contribution in [0.5, 0.6) is 0 Å². The Balaban J connectivity index is 1.68. The van der Waals surface area contributed by atoms with E-state index in [1.54, 1.807) is 24.0 Å². The number of ether oxygens (including phenoxy) is 1. The molecule has 2 aromatic rings. The van der Waals surface area contributed by atoms with Crippen LogP contribution in [0.15, 0.2) is 18.2 Å². The van der Waals surface area contributed by atoms with Gasteiger partial charge in [-0.15, -0.1) is 11.3 Å². The van der Waals surface area contributed by atoms with Crippen molar-refractivity contribution in [1.82, 2.24) is 4.90 Å². The molecule has 1 saturated heterocycles. The fourth-order valence-corrected chi connectivity index (χ4v) is 4.72. The molecule has 0 saturated carbocycles. The zero-order valence-corrected chi connectivity index (χ0v) is 15.5. The fourth-order valence-electron chi connectivity index (χ4n) is 3.60. The molecule has 1 amide bonds. The number of rotatable bonds is 3. The van der Waals surface area contributed by atoms with E-state index in [4.69, 9.17) is 4.74 Å². The van der Waals surface area contributed by atoms with E-state index in [1.807, 2.05) is 0 Å². The number of amides is 1. The van der Waals surface area contributed by atoms with E-state index in [0.29, 0.717) is 45.5 Å². The highest BCUT2D eigenvalue weighted by Crippen LogP contribution is 2.33. The molecule has 0 N–H and O–H groups in total. The van der Waals surface area contributed by atoms with Crippen LogP contribution in [0.4, 0.5) is 4.39 Å². The molecule has 1 aliphatic heterocycles. The number of benzene rings is 1. The third-order valence-corrected chi connectivity index (χ3v) is 5.87. The lowest BCUT2D eigenvalue weighted by molar-refractivity contribution is -0.137. The Morgan fingerprint density at radius 3 is 2.60 bits per heavy atom. The highest BCUT2D eigenvalue weighted by atomic mass is 32.1. The van der Waals surface area contributed by atoms with E-state index in [2.05, 4.69) is 13.8 Å². The lowest BCUT2D eigenvalue weighted by Crippen LogP contribution is -2.44. The van der Waals surface area contributed by atoms with Gasteiger partial charge in [-0.05, 0) is 42.9 Å². The SMILES string of the molecule is Cc1c(C(=O)OCC(=O)N2C[C@@H](C)C[C@H](C)C2)sc2cccc(F)c12.